The van der Waals surface area contributed by atoms with E-state index in [4.69, 9.17) is 11.6 Å². The highest BCUT2D eigenvalue weighted by Crippen LogP contribution is 2.36. The van der Waals surface area contributed by atoms with Gasteiger partial charge in [0.2, 0.25) is 11.9 Å². The number of imide groups is 1. The first-order valence-corrected chi connectivity index (χ1v) is 12.7. The molecule has 2 amide bonds. The van der Waals surface area contributed by atoms with Crippen LogP contribution < -0.4 is 9.45 Å². The summed E-state index contributed by atoms with van der Waals surface area (Å²) in [5.41, 5.74) is 1.70. The number of halogens is 1. The highest BCUT2D eigenvalue weighted by molar-refractivity contribution is 7.92. The number of sulfonamides is 1. The number of nitrogens with zero attached hydrogens (tertiary/aromatic N) is 2. The van der Waals surface area contributed by atoms with Crippen molar-refractivity contribution in [2.45, 2.75) is 44.6 Å². The van der Waals surface area contributed by atoms with Crippen LogP contribution in [0.2, 0.25) is 5.02 Å². The standard InChI is InChI=1S/C25H24ClN3O5S/c1-15-5-6-16(14-29(15)32)13-28-23(30)21-19(26)11-12-20(22(21)24(28)31)27-35(33,34)18-9-7-17(8-10-18)25(2,3)4/h5-12,14H,13H2,1-4H3,(H-,27,31,32)/p+1. The Balaban J connectivity index is 1.67. The lowest BCUT2D eigenvalue weighted by atomic mass is 9.87. The molecule has 3 aromatic rings. The molecule has 1 aliphatic heterocycles. The van der Waals surface area contributed by atoms with E-state index in [1.165, 1.54) is 30.5 Å². The number of amides is 2. The maximum atomic E-state index is 13.3. The number of rotatable bonds is 5. The molecule has 0 saturated carbocycles. The normalized spacial score (nSPS) is 13.8. The third kappa shape index (κ3) is 4.61. The molecule has 2 N–H and O–H groups in total. The van der Waals surface area contributed by atoms with Crippen LogP contribution in [0.1, 0.15) is 58.3 Å². The number of nitrogens with one attached hydrogen (secondary N) is 1. The number of aromatic nitrogens is 1. The van der Waals surface area contributed by atoms with Gasteiger partial charge in [-0.25, -0.2) is 8.42 Å². The van der Waals surface area contributed by atoms with Gasteiger partial charge in [-0.05, 0) is 41.3 Å². The van der Waals surface area contributed by atoms with Crippen molar-refractivity contribution in [1.82, 2.24) is 4.90 Å². The van der Waals surface area contributed by atoms with Crippen LogP contribution >= 0.6 is 11.6 Å². The number of pyridine rings is 1. The van der Waals surface area contributed by atoms with Crippen molar-refractivity contribution < 1.29 is 27.9 Å². The third-order valence-electron chi connectivity index (χ3n) is 5.88. The van der Waals surface area contributed by atoms with Crippen molar-refractivity contribution >= 4 is 39.1 Å². The molecule has 1 aromatic heterocycles. The molecule has 182 valence electrons. The summed E-state index contributed by atoms with van der Waals surface area (Å²) in [4.78, 5) is 27.3. The number of hydrogen-bond donors (Lipinski definition) is 2. The van der Waals surface area contributed by atoms with Gasteiger partial charge in [0.15, 0.2) is 0 Å². The van der Waals surface area contributed by atoms with Crippen LogP contribution in [0.4, 0.5) is 5.69 Å². The lowest BCUT2D eigenvalue weighted by Gasteiger charge is -2.19. The van der Waals surface area contributed by atoms with Crippen LogP contribution in [0.25, 0.3) is 0 Å². The summed E-state index contributed by atoms with van der Waals surface area (Å²) in [5.74, 6) is -1.33. The topological polar surface area (TPSA) is 108 Å². The Morgan fingerprint density at radius 1 is 0.971 bits per heavy atom. The zero-order valence-electron chi connectivity index (χ0n) is 19.7. The maximum Gasteiger partial charge on any atom is 0.264 e. The second-order valence-corrected chi connectivity index (χ2v) is 11.5. The molecule has 8 nitrogen and oxygen atoms in total. The number of aryl methyl sites for hydroxylation is 1. The van der Waals surface area contributed by atoms with Gasteiger partial charge in [-0.1, -0.05) is 44.5 Å². The number of carbonyl (C=O) groups is 2. The summed E-state index contributed by atoms with van der Waals surface area (Å²) >= 11 is 6.24. The van der Waals surface area contributed by atoms with Gasteiger partial charge >= 0.3 is 0 Å². The fourth-order valence-electron chi connectivity index (χ4n) is 3.82. The Bertz CT molecular complexity index is 1460. The molecule has 4 rings (SSSR count). The van der Waals surface area contributed by atoms with Gasteiger partial charge in [-0.15, -0.1) is 0 Å². The minimum absolute atomic E-state index is 0.0231. The Labute approximate surface area is 208 Å². The van der Waals surface area contributed by atoms with Crippen molar-refractivity contribution in [3.8, 4) is 0 Å². The van der Waals surface area contributed by atoms with E-state index >= 15 is 0 Å². The first-order valence-electron chi connectivity index (χ1n) is 10.8. The van der Waals surface area contributed by atoms with Gasteiger partial charge in [-0.2, -0.15) is 0 Å². The van der Waals surface area contributed by atoms with Gasteiger partial charge in [0, 0.05) is 23.3 Å². The Morgan fingerprint density at radius 3 is 2.20 bits per heavy atom. The van der Waals surface area contributed by atoms with E-state index in [1.807, 2.05) is 20.8 Å². The molecule has 2 heterocycles. The van der Waals surface area contributed by atoms with E-state index in [2.05, 4.69) is 4.72 Å². The number of fused-ring (bicyclic) bond motifs is 1. The maximum absolute atomic E-state index is 13.3. The van der Waals surface area contributed by atoms with E-state index in [-0.39, 0.29) is 38.7 Å². The SMILES string of the molecule is Cc1ccc(CN2C(=O)c3c(Cl)ccc(NS(=O)(=O)c4ccc(C(C)(C)C)cc4)c3C2=O)c[n+]1O. The molecule has 10 heteroatoms. The lowest BCUT2D eigenvalue weighted by molar-refractivity contribution is -0.909. The van der Waals surface area contributed by atoms with Crippen LogP contribution in [0, 0.1) is 6.92 Å². The first kappa shape index (κ1) is 24.7. The molecule has 35 heavy (non-hydrogen) atoms. The van der Waals surface area contributed by atoms with Crippen molar-refractivity contribution in [3.63, 3.8) is 0 Å². The van der Waals surface area contributed by atoms with Gasteiger partial charge in [0.1, 0.15) is 0 Å². The number of carbonyl (C=O) groups excluding carboxylic acids is 2. The lowest BCUT2D eigenvalue weighted by Crippen LogP contribution is -2.35. The minimum atomic E-state index is -4.05. The molecule has 0 unspecified atom stereocenters. The molecule has 0 aliphatic carbocycles. The highest BCUT2D eigenvalue weighted by Gasteiger charge is 2.40. The molecule has 1 aliphatic rings. The highest BCUT2D eigenvalue weighted by atomic mass is 35.5. The van der Waals surface area contributed by atoms with E-state index < -0.39 is 21.8 Å². The van der Waals surface area contributed by atoms with Gasteiger partial charge in [0.25, 0.3) is 21.8 Å². The van der Waals surface area contributed by atoms with E-state index in [0.717, 1.165) is 15.2 Å². The Kier molecular flexibility index (Phi) is 6.11. The molecule has 0 radical (unpaired) electrons. The van der Waals surface area contributed by atoms with Crippen LogP contribution in [-0.2, 0) is 22.0 Å². The quantitative estimate of drug-likeness (QED) is 0.303. The van der Waals surface area contributed by atoms with E-state index in [0.29, 0.717) is 11.3 Å². The first-order chi connectivity index (χ1) is 16.3. The molecule has 0 fully saturated rings. The molecule has 2 aromatic carbocycles. The summed E-state index contributed by atoms with van der Waals surface area (Å²) in [6.07, 6.45) is 1.39. The summed E-state index contributed by atoms with van der Waals surface area (Å²) in [6, 6.07) is 12.6. The molecular formula is C25H25ClN3O5S+. The van der Waals surface area contributed by atoms with Crippen LogP contribution in [0.3, 0.4) is 0 Å². The number of benzene rings is 2. The van der Waals surface area contributed by atoms with Crippen LogP contribution in [-0.4, -0.2) is 30.3 Å². The second-order valence-electron chi connectivity index (χ2n) is 9.44. The van der Waals surface area contributed by atoms with Gasteiger partial charge < -0.3 is 0 Å². The zero-order chi connectivity index (χ0) is 25.7. The predicted octanol–water partition coefficient (Wildman–Crippen LogP) is 4.07. The van der Waals surface area contributed by atoms with Crippen molar-refractivity contribution in [3.05, 3.63) is 87.7 Å². The summed E-state index contributed by atoms with van der Waals surface area (Å²) < 4.78 is 29.5. The summed E-state index contributed by atoms with van der Waals surface area (Å²) in [7, 11) is -4.05. The van der Waals surface area contributed by atoms with Gasteiger partial charge in [-0.3, -0.25) is 24.4 Å². The molecular weight excluding hydrogens is 490 g/mol. The van der Waals surface area contributed by atoms with Crippen LogP contribution in [0.5, 0.6) is 0 Å². The van der Waals surface area contributed by atoms with E-state index in [9.17, 15) is 23.2 Å². The average molecular weight is 515 g/mol. The smallest absolute Gasteiger partial charge is 0.264 e. The minimum Gasteiger partial charge on any atom is -0.285 e. The molecule has 0 bridgehead atoms. The largest absolute Gasteiger partial charge is 0.285 e. The predicted molar refractivity (Wildman–Crippen MR) is 130 cm³/mol. The Hall–Kier alpha value is -3.43. The summed E-state index contributed by atoms with van der Waals surface area (Å²) in [5, 5.41) is 9.94. The zero-order valence-corrected chi connectivity index (χ0v) is 21.2. The number of hydrogen-bond acceptors (Lipinski definition) is 5. The fraction of sp³-hybridized carbons (Fsp3) is 0.240. The Morgan fingerprint density at radius 2 is 1.60 bits per heavy atom. The summed E-state index contributed by atoms with van der Waals surface area (Å²) in [6.45, 7) is 7.65. The van der Waals surface area contributed by atoms with Crippen molar-refractivity contribution in [1.29, 1.82) is 0 Å². The van der Waals surface area contributed by atoms with Crippen LogP contribution in [0.15, 0.2) is 59.6 Å². The molecule has 0 atom stereocenters. The molecule has 0 spiro atoms. The second kappa shape index (κ2) is 8.66. The monoisotopic (exact) mass is 514 g/mol. The van der Waals surface area contributed by atoms with Gasteiger partial charge in [0.05, 0.1) is 33.3 Å². The van der Waals surface area contributed by atoms with E-state index in [1.54, 1.807) is 31.2 Å². The fourth-order valence-corrected chi connectivity index (χ4v) is 5.13. The third-order valence-corrected chi connectivity index (χ3v) is 7.57. The van der Waals surface area contributed by atoms with Crippen molar-refractivity contribution in [2.75, 3.05) is 4.72 Å². The van der Waals surface area contributed by atoms with Crippen molar-refractivity contribution in [2.24, 2.45) is 0 Å². The molecule has 0 saturated heterocycles. The number of anilines is 1. The average Bonchev–Trinajstić information content (AvgIpc) is 3.03.